The molecule has 2 heterocycles. The molecule has 2 aromatic carbocycles. The van der Waals surface area contributed by atoms with Crippen molar-refractivity contribution in [3.8, 4) is 16.9 Å². The summed E-state index contributed by atoms with van der Waals surface area (Å²) in [4.78, 5) is 26.8. The Morgan fingerprint density at radius 1 is 1.03 bits per heavy atom. The van der Waals surface area contributed by atoms with Crippen molar-refractivity contribution in [2.45, 2.75) is 33.1 Å². The molecule has 1 aliphatic carbocycles. The first-order chi connectivity index (χ1) is 15.4. The summed E-state index contributed by atoms with van der Waals surface area (Å²) in [7, 11) is 0. The summed E-state index contributed by atoms with van der Waals surface area (Å²) in [6.45, 7) is 5.31. The molecule has 3 aromatic rings. The number of piperidine rings is 1. The molecule has 6 heteroatoms. The van der Waals surface area contributed by atoms with Crippen LogP contribution in [0.2, 0.25) is 0 Å². The van der Waals surface area contributed by atoms with Crippen molar-refractivity contribution >= 4 is 11.9 Å². The van der Waals surface area contributed by atoms with E-state index < -0.39 is 5.97 Å². The Morgan fingerprint density at radius 3 is 2.38 bits per heavy atom. The van der Waals surface area contributed by atoms with Crippen LogP contribution in [0.25, 0.3) is 16.9 Å². The van der Waals surface area contributed by atoms with E-state index in [1.54, 1.807) is 4.68 Å². The number of likely N-dealkylation sites (tertiary alicyclic amines) is 1. The molecule has 32 heavy (non-hydrogen) atoms. The molecule has 1 saturated heterocycles. The molecule has 1 aromatic heterocycles. The highest BCUT2D eigenvalue weighted by atomic mass is 16.4. The summed E-state index contributed by atoms with van der Waals surface area (Å²) < 4.78 is 1.77. The highest BCUT2D eigenvalue weighted by molar-refractivity contribution is 6.00. The number of carboxylic acids is 1. The number of hydrogen-bond acceptors (Lipinski definition) is 3. The Kier molecular flexibility index (Phi) is 4.88. The van der Waals surface area contributed by atoms with Crippen LogP contribution in [0.5, 0.6) is 0 Å². The molecule has 0 bridgehead atoms. The lowest BCUT2D eigenvalue weighted by Crippen LogP contribution is -2.40. The molecule has 2 fully saturated rings. The number of rotatable bonds is 4. The average molecular weight is 430 g/mol. The lowest BCUT2D eigenvalue weighted by atomic mass is 9.90. The van der Waals surface area contributed by atoms with Gasteiger partial charge in [-0.05, 0) is 67.9 Å². The van der Waals surface area contributed by atoms with Gasteiger partial charge in [0.2, 0.25) is 0 Å². The summed E-state index contributed by atoms with van der Waals surface area (Å²) >= 11 is 0. The predicted octanol–water partition coefficient (Wildman–Crippen LogP) is 4.48. The Hall–Kier alpha value is -3.41. The molecule has 1 atom stereocenters. The standard InChI is InChI=1S/C26H27N3O3/c1-17-8-9-19(14-18(17)2)23-21(16-29(27-23)20-6-4-3-5-7-20)24(30)28-12-10-26(11-13-28)15-22(26)25(31)32/h3-9,14,16,22H,10-13,15H2,1-2H3,(H,31,32). The number of benzene rings is 2. The monoisotopic (exact) mass is 429 g/mol. The highest BCUT2D eigenvalue weighted by Crippen LogP contribution is 2.59. The third kappa shape index (κ3) is 3.49. The number of amides is 1. The maximum atomic E-state index is 13.6. The lowest BCUT2D eigenvalue weighted by molar-refractivity contribution is -0.139. The number of aryl methyl sites for hydroxylation is 2. The van der Waals surface area contributed by atoms with E-state index in [2.05, 4.69) is 26.0 Å². The molecule has 1 saturated carbocycles. The summed E-state index contributed by atoms with van der Waals surface area (Å²) in [6, 6.07) is 15.9. The second-order valence-electron chi connectivity index (χ2n) is 9.22. The first-order valence-corrected chi connectivity index (χ1v) is 11.1. The van der Waals surface area contributed by atoms with Gasteiger partial charge in [0, 0.05) is 24.8 Å². The first kappa shape index (κ1) is 20.5. The molecule has 1 spiro atoms. The maximum absolute atomic E-state index is 13.6. The first-order valence-electron chi connectivity index (χ1n) is 11.1. The van der Waals surface area contributed by atoms with E-state index in [4.69, 9.17) is 5.10 Å². The van der Waals surface area contributed by atoms with Gasteiger partial charge in [0.15, 0.2) is 0 Å². The Morgan fingerprint density at radius 2 is 1.75 bits per heavy atom. The minimum absolute atomic E-state index is 0.0391. The zero-order valence-electron chi connectivity index (χ0n) is 18.4. The van der Waals surface area contributed by atoms with Gasteiger partial charge in [-0.1, -0.05) is 30.3 Å². The molecule has 1 N–H and O–H groups in total. The van der Waals surface area contributed by atoms with E-state index in [-0.39, 0.29) is 17.2 Å². The number of aliphatic carboxylic acids is 1. The number of carbonyl (C=O) groups is 2. The number of para-hydroxylation sites is 1. The van der Waals surface area contributed by atoms with Gasteiger partial charge in [0.1, 0.15) is 5.69 Å². The number of carboxylic acid groups (broad SMARTS) is 1. The van der Waals surface area contributed by atoms with Gasteiger partial charge >= 0.3 is 5.97 Å². The summed E-state index contributed by atoms with van der Waals surface area (Å²) in [5, 5.41) is 14.2. The summed E-state index contributed by atoms with van der Waals surface area (Å²) in [6.07, 6.45) is 4.07. The van der Waals surface area contributed by atoms with Gasteiger partial charge in [0.25, 0.3) is 5.91 Å². The Bertz CT molecular complexity index is 1190. The molecule has 0 radical (unpaired) electrons. The minimum atomic E-state index is -0.703. The SMILES string of the molecule is Cc1ccc(-c2nn(-c3ccccc3)cc2C(=O)N2CCC3(CC2)CC3C(=O)O)cc1C. The third-order valence-corrected chi connectivity index (χ3v) is 7.28. The van der Waals surface area contributed by atoms with Crippen molar-refractivity contribution in [1.29, 1.82) is 0 Å². The van der Waals surface area contributed by atoms with Crippen LogP contribution in [-0.2, 0) is 4.79 Å². The van der Waals surface area contributed by atoms with Crippen molar-refractivity contribution in [1.82, 2.24) is 14.7 Å². The minimum Gasteiger partial charge on any atom is -0.481 e. The highest BCUT2D eigenvalue weighted by Gasteiger charge is 2.59. The van der Waals surface area contributed by atoms with Crippen LogP contribution >= 0.6 is 0 Å². The van der Waals surface area contributed by atoms with Crippen LogP contribution in [0.1, 0.15) is 40.7 Å². The molecular weight excluding hydrogens is 402 g/mol. The Labute approximate surface area is 187 Å². The second-order valence-corrected chi connectivity index (χ2v) is 9.22. The van der Waals surface area contributed by atoms with Gasteiger partial charge in [-0.15, -0.1) is 0 Å². The van der Waals surface area contributed by atoms with Crippen molar-refractivity contribution < 1.29 is 14.7 Å². The summed E-state index contributed by atoms with van der Waals surface area (Å²) in [5.41, 5.74) is 5.33. The van der Waals surface area contributed by atoms with Crippen molar-refractivity contribution in [2.75, 3.05) is 13.1 Å². The molecule has 2 aliphatic rings. The third-order valence-electron chi connectivity index (χ3n) is 7.28. The van der Waals surface area contributed by atoms with Crippen LogP contribution in [-0.4, -0.2) is 44.8 Å². The van der Waals surface area contributed by atoms with E-state index in [1.165, 1.54) is 5.56 Å². The topological polar surface area (TPSA) is 75.4 Å². The van der Waals surface area contributed by atoms with Crippen molar-refractivity contribution in [3.05, 3.63) is 71.4 Å². The number of hydrogen-bond donors (Lipinski definition) is 1. The van der Waals surface area contributed by atoms with Gasteiger partial charge in [-0.3, -0.25) is 9.59 Å². The van der Waals surface area contributed by atoms with Crippen molar-refractivity contribution in [3.63, 3.8) is 0 Å². The fourth-order valence-corrected chi connectivity index (χ4v) is 4.92. The smallest absolute Gasteiger partial charge is 0.307 e. The fraction of sp³-hybridized carbons (Fsp3) is 0.346. The predicted molar refractivity (Wildman–Crippen MR) is 122 cm³/mol. The zero-order valence-corrected chi connectivity index (χ0v) is 18.4. The maximum Gasteiger partial charge on any atom is 0.307 e. The fourth-order valence-electron chi connectivity index (χ4n) is 4.92. The number of aromatic nitrogens is 2. The molecule has 164 valence electrons. The van der Waals surface area contributed by atoms with E-state index >= 15 is 0 Å². The summed E-state index contributed by atoms with van der Waals surface area (Å²) in [5.74, 6) is -0.986. The lowest BCUT2D eigenvalue weighted by Gasteiger charge is -2.32. The van der Waals surface area contributed by atoms with Crippen LogP contribution in [0.4, 0.5) is 0 Å². The van der Waals surface area contributed by atoms with Crippen LogP contribution < -0.4 is 0 Å². The largest absolute Gasteiger partial charge is 0.481 e. The molecule has 1 aliphatic heterocycles. The second kappa shape index (κ2) is 7.62. The molecule has 1 amide bonds. The van der Waals surface area contributed by atoms with E-state index in [1.807, 2.05) is 47.5 Å². The van der Waals surface area contributed by atoms with Crippen LogP contribution in [0, 0.1) is 25.2 Å². The van der Waals surface area contributed by atoms with Gasteiger partial charge in [0.05, 0.1) is 17.2 Å². The van der Waals surface area contributed by atoms with E-state index in [0.29, 0.717) is 24.3 Å². The number of nitrogens with zero attached hydrogens (tertiary/aromatic N) is 3. The Balaban J connectivity index is 1.47. The normalized spacial score (nSPS) is 19.2. The van der Waals surface area contributed by atoms with Crippen molar-refractivity contribution in [2.24, 2.45) is 11.3 Å². The van der Waals surface area contributed by atoms with E-state index in [9.17, 15) is 14.7 Å². The van der Waals surface area contributed by atoms with Crippen LogP contribution in [0.3, 0.4) is 0 Å². The van der Waals surface area contributed by atoms with Gasteiger partial charge in [-0.25, -0.2) is 4.68 Å². The van der Waals surface area contributed by atoms with E-state index in [0.717, 1.165) is 36.1 Å². The van der Waals surface area contributed by atoms with Crippen LogP contribution in [0.15, 0.2) is 54.7 Å². The molecule has 5 rings (SSSR count). The average Bonchev–Trinajstić information content (AvgIpc) is 3.32. The zero-order chi connectivity index (χ0) is 22.5. The van der Waals surface area contributed by atoms with Gasteiger partial charge in [-0.2, -0.15) is 5.10 Å². The molecule has 6 nitrogen and oxygen atoms in total. The van der Waals surface area contributed by atoms with Gasteiger partial charge < -0.3 is 10.0 Å². The molecular formula is C26H27N3O3. The quantitative estimate of drug-likeness (QED) is 0.663. The number of carbonyl (C=O) groups excluding carboxylic acids is 1. The molecule has 1 unspecified atom stereocenters.